The quantitative estimate of drug-likeness (QED) is 0.901. The van der Waals surface area contributed by atoms with E-state index in [1.54, 1.807) is 10.9 Å². The van der Waals surface area contributed by atoms with Gasteiger partial charge in [0.25, 0.3) is 0 Å². The number of aromatic nitrogens is 4. The molecule has 0 aromatic carbocycles. The van der Waals surface area contributed by atoms with E-state index in [1.165, 1.54) is 0 Å². The molecule has 0 atom stereocenters. The standard InChI is InChI=1S/C11H17N5S/c1-7(2)17-6-9-14-10(12-3)8-5-13-16(4)11(8)15-9/h5,7H,6H2,1-4H3,(H,12,14,15). The maximum Gasteiger partial charge on any atom is 0.163 e. The minimum absolute atomic E-state index is 0.582. The van der Waals surface area contributed by atoms with Gasteiger partial charge < -0.3 is 5.32 Å². The molecule has 2 aromatic rings. The summed E-state index contributed by atoms with van der Waals surface area (Å²) in [5.41, 5.74) is 0.878. The number of thioether (sulfide) groups is 1. The zero-order valence-corrected chi connectivity index (χ0v) is 11.4. The molecule has 0 unspecified atom stereocenters. The highest BCUT2D eigenvalue weighted by atomic mass is 32.2. The average Bonchev–Trinajstić information content (AvgIpc) is 2.68. The Kier molecular flexibility index (Phi) is 3.51. The summed E-state index contributed by atoms with van der Waals surface area (Å²) in [6.45, 7) is 4.35. The lowest BCUT2D eigenvalue weighted by Gasteiger charge is -2.07. The van der Waals surface area contributed by atoms with Gasteiger partial charge in [0.15, 0.2) is 5.65 Å². The minimum atomic E-state index is 0.582. The molecule has 92 valence electrons. The Bertz CT molecular complexity index is 520. The van der Waals surface area contributed by atoms with Crippen LogP contribution in [0.1, 0.15) is 19.7 Å². The Morgan fingerprint density at radius 1 is 1.41 bits per heavy atom. The van der Waals surface area contributed by atoms with Crippen LogP contribution >= 0.6 is 11.8 Å². The van der Waals surface area contributed by atoms with E-state index < -0.39 is 0 Å². The predicted octanol–water partition coefficient (Wildman–Crippen LogP) is 2.05. The number of aryl methyl sites for hydroxylation is 1. The second kappa shape index (κ2) is 4.91. The second-order valence-electron chi connectivity index (χ2n) is 4.10. The Hall–Kier alpha value is -1.30. The summed E-state index contributed by atoms with van der Waals surface area (Å²) >= 11 is 1.84. The molecule has 5 nitrogen and oxygen atoms in total. The molecule has 0 saturated carbocycles. The van der Waals surface area contributed by atoms with Crippen molar-refractivity contribution < 1.29 is 0 Å². The van der Waals surface area contributed by atoms with Crippen molar-refractivity contribution in [2.75, 3.05) is 12.4 Å². The lowest BCUT2D eigenvalue weighted by Crippen LogP contribution is -2.03. The van der Waals surface area contributed by atoms with E-state index in [2.05, 4.69) is 34.2 Å². The Labute approximate surface area is 105 Å². The zero-order valence-electron chi connectivity index (χ0n) is 10.6. The number of nitrogens with one attached hydrogen (secondary N) is 1. The number of rotatable bonds is 4. The molecule has 0 aliphatic heterocycles. The second-order valence-corrected chi connectivity index (χ2v) is 5.67. The van der Waals surface area contributed by atoms with Crippen molar-refractivity contribution in [3.63, 3.8) is 0 Å². The fraction of sp³-hybridized carbons (Fsp3) is 0.545. The van der Waals surface area contributed by atoms with Crippen molar-refractivity contribution in [3.05, 3.63) is 12.0 Å². The van der Waals surface area contributed by atoms with Gasteiger partial charge in [0.05, 0.1) is 17.3 Å². The molecule has 0 radical (unpaired) electrons. The van der Waals surface area contributed by atoms with Crippen LogP contribution < -0.4 is 5.32 Å². The summed E-state index contributed by atoms with van der Waals surface area (Å²) < 4.78 is 1.78. The van der Waals surface area contributed by atoms with Crippen molar-refractivity contribution in [1.82, 2.24) is 19.7 Å². The molecule has 2 aromatic heterocycles. The minimum Gasteiger partial charge on any atom is -0.372 e. The first-order chi connectivity index (χ1) is 8.11. The van der Waals surface area contributed by atoms with Gasteiger partial charge >= 0.3 is 0 Å². The van der Waals surface area contributed by atoms with E-state index in [-0.39, 0.29) is 0 Å². The number of nitrogens with zero attached hydrogens (tertiary/aromatic N) is 4. The first kappa shape index (κ1) is 12.2. The first-order valence-electron chi connectivity index (χ1n) is 5.59. The summed E-state index contributed by atoms with van der Waals surface area (Å²) in [5.74, 6) is 2.53. The average molecular weight is 251 g/mol. The van der Waals surface area contributed by atoms with Crippen LogP contribution in [-0.2, 0) is 12.8 Å². The van der Waals surface area contributed by atoms with Gasteiger partial charge in [-0.05, 0) is 5.25 Å². The highest BCUT2D eigenvalue weighted by Crippen LogP contribution is 2.22. The number of hydrogen-bond acceptors (Lipinski definition) is 5. The fourth-order valence-electron chi connectivity index (χ4n) is 1.56. The maximum absolute atomic E-state index is 4.54. The van der Waals surface area contributed by atoms with E-state index in [9.17, 15) is 0 Å². The largest absolute Gasteiger partial charge is 0.372 e. The summed E-state index contributed by atoms with van der Waals surface area (Å²) in [6, 6.07) is 0. The van der Waals surface area contributed by atoms with Gasteiger partial charge in [0.2, 0.25) is 0 Å². The Balaban J connectivity index is 2.40. The lowest BCUT2D eigenvalue weighted by atomic mass is 10.4. The van der Waals surface area contributed by atoms with Crippen LogP contribution in [0.5, 0.6) is 0 Å². The molecule has 0 aliphatic carbocycles. The summed E-state index contributed by atoms with van der Waals surface area (Å²) in [7, 11) is 3.77. The van der Waals surface area contributed by atoms with Crippen molar-refractivity contribution in [3.8, 4) is 0 Å². The summed E-state index contributed by atoms with van der Waals surface area (Å²) in [4.78, 5) is 9.05. The monoisotopic (exact) mass is 251 g/mol. The molecule has 0 saturated heterocycles. The van der Waals surface area contributed by atoms with E-state index in [4.69, 9.17) is 0 Å². The SMILES string of the molecule is CNc1nc(CSC(C)C)nc2c1cnn2C. The molecule has 1 N–H and O–H groups in total. The third-order valence-electron chi connectivity index (χ3n) is 2.42. The van der Waals surface area contributed by atoms with E-state index in [0.717, 1.165) is 28.4 Å². The molecule has 2 heterocycles. The highest BCUT2D eigenvalue weighted by Gasteiger charge is 2.10. The zero-order chi connectivity index (χ0) is 12.4. The van der Waals surface area contributed by atoms with Crippen molar-refractivity contribution in [1.29, 1.82) is 0 Å². The molecule has 17 heavy (non-hydrogen) atoms. The van der Waals surface area contributed by atoms with Gasteiger partial charge in [0.1, 0.15) is 11.6 Å². The fourth-order valence-corrected chi connectivity index (χ4v) is 2.18. The summed E-state index contributed by atoms with van der Waals surface area (Å²) in [5, 5.41) is 8.85. The van der Waals surface area contributed by atoms with E-state index in [0.29, 0.717) is 5.25 Å². The normalized spacial score (nSPS) is 11.4. The lowest BCUT2D eigenvalue weighted by molar-refractivity contribution is 0.782. The molecular weight excluding hydrogens is 234 g/mol. The highest BCUT2D eigenvalue weighted by molar-refractivity contribution is 7.99. The van der Waals surface area contributed by atoms with Crippen LogP contribution in [-0.4, -0.2) is 32.0 Å². The van der Waals surface area contributed by atoms with E-state index in [1.807, 2.05) is 25.9 Å². The van der Waals surface area contributed by atoms with Gasteiger partial charge in [-0.1, -0.05) is 13.8 Å². The van der Waals surface area contributed by atoms with Gasteiger partial charge in [-0.3, -0.25) is 4.68 Å². The van der Waals surface area contributed by atoms with Gasteiger partial charge in [0, 0.05) is 14.1 Å². The number of hydrogen-bond donors (Lipinski definition) is 1. The number of anilines is 1. The molecule has 0 amide bonds. The van der Waals surface area contributed by atoms with Crippen LogP contribution in [0, 0.1) is 0 Å². The van der Waals surface area contributed by atoms with Crippen LogP contribution in [0.4, 0.5) is 5.82 Å². The molecule has 0 fully saturated rings. The molecule has 0 spiro atoms. The van der Waals surface area contributed by atoms with Crippen molar-refractivity contribution in [2.24, 2.45) is 7.05 Å². The smallest absolute Gasteiger partial charge is 0.163 e. The Morgan fingerprint density at radius 3 is 2.82 bits per heavy atom. The van der Waals surface area contributed by atoms with Gasteiger partial charge in [-0.2, -0.15) is 16.9 Å². The van der Waals surface area contributed by atoms with Crippen LogP contribution in [0.25, 0.3) is 11.0 Å². The molecule has 2 rings (SSSR count). The van der Waals surface area contributed by atoms with Crippen LogP contribution in [0.2, 0.25) is 0 Å². The van der Waals surface area contributed by atoms with Gasteiger partial charge in [-0.15, -0.1) is 0 Å². The molecule has 0 bridgehead atoms. The predicted molar refractivity (Wildman–Crippen MR) is 72.3 cm³/mol. The maximum atomic E-state index is 4.54. The van der Waals surface area contributed by atoms with Crippen LogP contribution in [0.15, 0.2) is 6.20 Å². The molecule has 0 aliphatic rings. The van der Waals surface area contributed by atoms with E-state index >= 15 is 0 Å². The van der Waals surface area contributed by atoms with Gasteiger partial charge in [-0.25, -0.2) is 9.97 Å². The first-order valence-corrected chi connectivity index (χ1v) is 6.64. The van der Waals surface area contributed by atoms with Crippen LogP contribution in [0.3, 0.4) is 0 Å². The third-order valence-corrected chi connectivity index (χ3v) is 3.51. The van der Waals surface area contributed by atoms with Crippen molar-refractivity contribution >= 4 is 28.6 Å². The summed E-state index contributed by atoms with van der Waals surface area (Å²) in [6.07, 6.45) is 1.79. The Morgan fingerprint density at radius 2 is 2.18 bits per heavy atom. The third kappa shape index (κ3) is 2.52. The molecule has 6 heteroatoms. The van der Waals surface area contributed by atoms with Crippen molar-refractivity contribution in [2.45, 2.75) is 24.9 Å². The topological polar surface area (TPSA) is 55.6 Å². The number of fused-ring (bicyclic) bond motifs is 1. The molecular formula is C11H17N5S.